The first-order valence-electron chi connectivity index (χ1n) is 4.81. The van der Waals surface area contributed by atoms with E-state index in [9.17, 15) is 0 Å². The molecule has 0 aliphatic heterocycles. The second-order valence-corrected chi connectivity index (χ2v) is 3.52. The number of halogens is 1. The molecular weight excluding hydrogens is 234 g/mol. The molecule has 0 bridgehead atoms. The third kappa shape index (κ3) is 4.59. The van der Waals surface area contributed by atoms with Gasteiger partial charge >= 0.3 is 12.0 Å². The van der Waals surface area contributed by atoms with Crippen molar-refractivity contribution in [3.8, 4) is 12.0 Å². The van der Waals surface area contributed by atoms with Crippen molar-refractivity contribution in [2.75, 3.05) is 20.3 Å². The van der Waals surface area contributed by atoms with E-state index in [0.29, 0.717) is 13.2 Å². The maximum absolute atomic E-state index is 5.69. The molecule has 1 aromatic heterocycles. The Morgan fingerprint density at radius 3 is 2.44 bits per heavy atom. The summed E-state index contributed by atoms with van der Waals surface area (Å²) in [5, 5.41) is 0.0399. The maximum atomic E-state index is 5.69. The molecule has 0 N–H and O–H groups in total. The van der Waals surface area contributed by atoms with E-state index in [1.54, 1.807) is 7.11 Å². The molecule has 0 aliphatic rings. The van der Waals surface area contributed by atoms with E-state index in [2.05, 4.69) is 15.0 Å². The highest BCUT2D eigenvalue weighted by atomic mass is 35.5. The lowest BCUT2D eigenvalue weighted by Gasteiger charge is -2.08. The van der Waals surface area contributed by atoms with Gasteiger partial charge in [0.1, 0.15) is 6.61 Å². The largest absolute Gasteiger partial charge is 0.461 e. The Balaban J connectivity index is 2.65. The van der Waals surface area contributed by atoms with Crippen molar-refractivity contribution < 1.29 is 14.2 Å². The van der Waals surface area contributed by atoms with E-state index in [-0.39, 0.29) is 23.4 Å². The molecule has 1 heterocycles. The Kier molecular flexibility index (Phi) is 5.21. The van der Waals surface area contributed by atoms with Crippen molar-refractivity contribution in [3.05, 3.63) is 5.28 Å². The van der Waals surface area contributed by atoms with E-state index < -0.39 is 0 Å². The average molecular weight is 248 g/mol. The zero-order valence-corrected chi connectivity index (χ0v) is 10.2. The summed E-state index contributed by atoms with van der Waals surface area (Å²) in [6.07, 6.45) is -0.0368. The van der Waals surface area contributed by atoms with Crippen LogP contribution in [-0.2, 0) is 4.74 Å². The molecule has 0 aromatic carbocycles. The van der Waals surface area contributed by atoms with Crippen LogP contribution in [0, 0.1) is 0 Å². The minimum Gasteiger partial charge on any atom is -0.461 e. The molecule has 1 rings (SSSR count). The Morgan fingerprint density at radius 2 is 1.81 bits per heavy atom. The predicted octanol–water partition coefficient (Wildman–Crippen LogP) is 1.34. The second kappa shape index (κ2) is 6.44. The number of ether oxygens (including phenoxy) is 3. The normalized spacial score (nSPS) is 10.6. The topological polar surface area (TPSA) is 66.4 Å². The zero-order chi connectivity index (χ0) is 12.0. The first kappa shape index (κ1) is 12.9. The minimum absolute atomic E-state index is 0.0368. The van der Waals surface area contributed by atoms with Gasteiger partial charge in [0.2, 0.25) is 5.28 Å². The van der Waals surface area contributed by atoms with Crippen LogP contribution in [0.5, 0.6) is 12.0 Å². The molecule has 0 fully saturated rings. The predicted molar refractivity (Wildman–Crippen MR) is 58.0 cm³/mol. The van der Waals surface area contributed by atoms with Gasteiger partial charge in [0.05, 0.1) is 12.7 Å². The second-order valence-electron chi connectivity index (χ2n) is 3.18. The lowest BCUT2D eigenvalue weighted by Crippen LogP contribution is -2.11. The molecule has 6 nitrogen and oxygen atoms in total. The van der Waals surface area contributed by atoms with Gasteiger partial charge in [-0.05, 0) is 25.4 Å². The van der Waals surface area contributed by atoms with Crippen LogP contribution in [-0.4, -0.2) is 41.4 Å². The molecule has 90 valence electrons. The molecule has 0 aliphatic carbocycles. The summed E-state index contributed by atoms with van der Waals surface area (Å²) < 4.78 is 15.3. The van der Waals surface area contributed by atoms with Crippen LogP contribution >= 0.6 is 11.6 Å². The number of hydrogen-bond acceptors (Lipinski definition) is 6. The van der Waals surface area contributed by atoms with Crippen molar-refractivity contribution in [1.82, 2.24) is 15.0 Å². The lowest BCUT2D eigenvalue weighted by atomic mass is 10.5. The van der Waals surface area contributed by atoms with Gasteiger partial charge in [-0.3, -0.25) is 0 Å². The summed E-state index contributed by atoms with van der Waals surface area (Å²) in [7, 11) is 1.58. The van der Waals surface area contributed by atoms with Crippen molar-refractivity contribution in [3.63, 3.8) is 0 Å². The van der Waals surface area contributed by atoms with Crippen LogP contribution in [0.1, 0.15) is 13.8 Å². The van der Waals surface area contributed by atoms with Gasteiger partial charge in [0.15, 0.2) is 0 Å². The van der Waals surface area contributed by atoms with Gasteiger partial charge in [-0.1, -0.05) is 0 Å². The number of rotatable bonds is 6. The average Bonchev–Trinajstić information content (AvgIpc) is 2.16. The SMILES string of the molecule is COCCOc1nc(Cl)nc(OC(C)C)n1. The monoisotopic (exact) mass is 247 g/mol. The van der Waals surface area contributed by atoms with Crippen molar-refractivity contribution in [2.24, 2.45) is 0 Å². The molecule has 0 unspecified atom stereocenters. The fourth-order valence-corrected chi connectivity index (χ4v) is 1.00. The van der Waals surface area contributed by atoms with E-state index in [4.69, 9.17) is 25.8 Å². The molecule has 0 amide bonds. The lowest BCUT2D eigenvalue weighted by molar-refractivity contribution is 0.138. The Hall–Kier alpha value is -1.14. The molecule has 1 aromatic rings. The first-order valence-corrected chi connectivity index (χ1v) is 5.19. The minimum atomic E-state index is -0.0368. The summed E-state index contributed by atoms with van der Waals surface area (Å²) in [5.41, 5.74) is 0. The van der Waals surface area contributed by atoms with Gasteiger partial charge in [-0.2, -0.15) is 9.97 Å². The highest BCUT2D eigenvalue weighted by Gasteiger charge is 2.08. The Labute approximate surface area is 98.9 Å². The molecule has 7 heteroatoms. The Morgan fingerprint density at radius 1 is 1.12 bits per heavy atom. The van der Waals surface area contributed by atoms with E-state index in [0.717, 1.165) is 0 Å². The van der Waals surface area contributed by atoms with Gasteiger partial charge < -0.3 is 14.2 Å². The summed E-state index contributed by atoms with van der Waals surface area (Å²) in [6.45, 7) is 4.52. The number of nitrogens with zero attached hydrogens (tertiary/aromatic N) is 3. The van der Waals surface area contributed by atoms with Crippen LogP contribution in [0.15, 0.2) is 0 Å². The molecule has 16 heavy (non-hydrogen) atoms. The smallest absolute Gasteiger partial charge is 0.324 e. The molecule has 0 spiro atoms. The highest BCUT2D eigenvalue weighted by Crippen LogP contribution is 2.13. The molecule has 0 saturated carbocycles. The summed E-state index contributed by atoms with van der Waals surface area (Å²) in [6, 6.07) is 0.287. The van der Waals surface area contributed by atoms with E-state index in [1.165, 1.54) is 0 Å². The van der Waals surface area contributed by atoms with Crippen molar-refractivity contribution >= 4 is 11.6 Å². The maximum Gasteiger partial charge on any atom is 0.324 e. The van der Waals surface area contributed by atoms with Crippen LogP contribution in [0.3, 0.4) is 0 Å². The van der Waals surface area contributed by atoms with Crippen LogP contribution in [0.25, 0.3) is 0 Å². The fraction of sp³-hybridized carbons (Fsp3) is 0.667. The quantitative estimate of drug-likeness (QED) is 0.707. The van der Waals surface area contributed by atoms with Crippen LogP contribution < -0.4 is 9.47 Å². The fourth-order valence-electron chi connectivity index (χ4n) is 0.859. The van der Waals surface area contributed by atoms with Gasteiger partial charge in [-0.15, -0.1) is 4.98 Å². The van der Waals surface area contributed by atoms with E-state index >= 15 is 0 Å². The summed E-state index contributed by atoms with van der Waals surface area (Å²) >= 11 is 5.69. The van der Waals surface area contributed by atoms with Crippen LogP contribution in [0.4, 0.5) is 0 Å². The van der Waals surface area contributed by atoms with Gasteiger partial charge in [-0.25, -0.2) is 0 Å². The third-order valence-corrected chi connectivity index (χ3v) is 1.60. The van der Waals surface area contributed by atoms with E-state index in [1.807, 2.05) is 13.8 Å². The Bertz CT molecular complexity index is 336. The molecular formula is C9H14ClN3O3. The number of hydrogen-bond donors (Lipinski definition) is 0. The molecule has 0 radical (unpaired) electrons. The van der Waals surface area contributed by atoms with Gasteiger partial charge in [0.25, 0.3) is 0 Å². The summed E-state index contributed by atoms with van der Waals surface area (Å²) in [5.74, 6) is 0. The summed E-state index contributed by atoms with van der Waals surface area (Å²) in [4.78, 5) is 11.5. The van der Waals surface area contributed by atoms with Gasteiger partial charge in [0, 0.05) is 7.11 Å². The highest BCUT2D eigenvalue weighted by molar-refractivity contribution is 6.28. The zero-order valence-electron chi connectivity index (χ0n) is 9.44. The number of methoxy groups -OCH3 is 1. The molecule has 0 saturated heterocycles. The molecule has 0 atom stereocenters. The number of aromatic nitrogens is 3. The first-order chi connectivity index (χ1) is 7.61. The van der Waals surface area contributed by atoms with Crippen molar-refractivity contribution in [1.29, 1.82) is 0 Å². The third-order valence-electron chi connectivity index (χ3n) is 1.43. The van der Waals surface area contributed by atoms with Crippen LogP contribution in [0.2, 0.25) is 5.28 Å². The standard InChI is InChI=1S/C9H14ClN3O3/c1-6(2)16-9-12-7(10)11-8(13-9)15-5-4-14-3/h6H,4-5H2,1-3H3. The van der Waals surface area contributed by atoms with Crippen molar-refractivity contribution in [2.45, 2.75) is 20.0 Å².